The van der Waals surface area contributed by atoms with Crippen molar-refractivity contribution in [1.29, 1.82) is 0 Å². The van der Waals surface area contributed by atoms with Gasteiger partial charge in [-0.1, -0.05) is 48.5 Å². The molecule has 33 heavy (non-hydrogen) atoms. The van der Waals surface area contributed by atoms with Gasteiger partial charge in [-0.3, -0.25) is 9.80 Å². The second-order valence-electron chi connectivity index (χ2n) is 8.24. The standard InChI is InChI=1S/C26H28F2N2O3/c27-22-10-9-20(17-23(22)28)26(19-5-2-1-3-6-19)33-16-15-29-11-13-30(14-12-29)18-21-7-4-8-24(31)25(21)32/h1-10,17,26,31-32H,11-16,18H2/t26-/m0/s1. The Kier molecular flexibility index (Phi) is 7.54. The van der Waals surface area contributed by atoms with Crippen molar-refractivity contribution in [2.45, 2.75) is 12.6 Å². The predicted octanol–water partition coefficient (Wildman–Crippen LogP) is 4.30. The Morgan fingerprint density at radius 1 is 0.788 bits per heavy atom. The molecule has 3 aromatic carbocycles. The summed E-state index contributed by atoms with van der Waals surface area (Å²) in [6.45, 7) is 5.12. The summed E-state index contributed by atoms with van der Waals surface area (Å²) >= 11 is 0. The Labute approximate surface area is 192 Å². The molecule has 1 saturated heterocycles. The van der Waals surface area contributed by atoms with Crippen LogP contribution in [0, 0.1) is 11.6 Å². The molecule has 0 bridgehead atoms. The molecule has 5 nitrogen and oxygen atoms in total. The minimum absolute atomic E-state index is 0.0579. The first-order valence-corrected chi connectivity index (χ1v) is 11.1. The van der Waals surface area contributed by atoms with Gasteiger partial charge in [0, 0.05) is 44.8 Å². The monoisotopic (exact) mass is 454 g/mol. The number of piperazine rings is 1. The summed E-state index contributed by atoms with van der Waals surface area (Å²) in [4.78, 5) is 4.53. The van der Waals surface area contributed by atoms with Crippen molar-refractivity contribution < 1.29 is 23.7 Å². The average Bonchev–Trinajstić information content (AvgIpc) is 2.83. The third kappa shape index (κ3) is 5.87. The van der Waals surface area contributed by atoms with Crippen LogP contribution < -0.4 is 0 Å². The molecule has 0 unspecified atom stereocenters. The van der Waals surface area contributed by atoms with Gasteiger partial charge < -0.3 is 14.9 Å². The second kappa shape index (κ2) is 10.7. The van der Waals surface area contributed by atoms with Crippen LogP contribution in [0.1, 0.15) is 22.8 Å². The average molecular weight is 455 g/mol. The van der Waals surface area contributed by atoms with Crippen molar-refractivity contribution in [2.75, 3.05) is 39.3 Å². The number of hydrogen-bond acceptors (Lipinski definition) is 5. The van der Waals surface area contributed by atoms with Crippen LogP contribution in [0.3, 0.4) is 0 Å². The molecule has 0 aliphatic carbocycles. The fourth-order valence-electron chi connectivity index (χ4n) is 4.11. The Morgan fingerprint density at radius 2 is 1.52 bits per heavy atom. The quantitative estimate of drug-likeness (QED) is 0.497. The summed E-state index contributed by atoms with van der Waals surface area (Å²) in [5, 5.41) is 19.7. The van der Waals surface area contributed by atoms with Crippen LogP contribution in [0.15, 0.2) is 66.7 Å². The Hall–Kier alpha value is -3.00. The molecule has 0 radical (unpaired) electrons. The van der Waals surface area contributed by atoms with Gasteiger partial charge in [-0.05, 0) is 29.3 Å². The normalized spacial score (nSPS) is 16.1. The van der Waals surface area contributed by atoms with E-state index in [9.17, 15) is 19.0 Å². The van der Waals surface area contributed by atoms with Gasteiger partial charge in [0.05, 0.1) is 6.61 Å². The summed E-state index contributed by atoms with van der Waals surface area (Å²) in [6, 6.07) is 18.4. The number of ether oxygens (including phenoxy) is 1. The van der Waals surface area contributed by atoms with Crippen LogP contribution in [0.4, 0.5) is 8.78 Å². The largest absolute Gasteiger partial charge is 0.504 e. The Morgan fingerprint density at radius 3 is 2.24 bits per heavy atom. The summed E-state index contributed by atoms with van der Waals surface area (Å²) < 4.78 is 33.4. The van der Waals surface area contributed by atoms with Gasteiger partial charge in [0.15, 0.2) is 23.1 Å². The summed E-state index contributed by atoms with van der Waals surface area (Å²) in [5.74, 6) is -1.91. The zero-order valence-corrected chi connectivity index (χ0v) is 18.3. The molecule has 2 N–H and O–H groups in total. The third-order valence-electron chi connectivity index (χ3n) is 6.00. The van der Waals surface area contributed by atoms with Crippen molar-refractivity contribution in [3.8, 4) is 11.5 Å². The van der Waals surface area contributed by atoms with E-state index in [0.717, 1.165) is 44.4 Å². The van der Waals surface area contributed by atoms with E-state index in [2.05, 4.69) is 9.80 Å². The molecule has 3 aromatic rings. The molecule has 1 aliphatic rings. The number of hydrogen-bond donors (Lipinski definition) is 2. The SMILES string of the molecule is Oc1cccc(CN2CCN(CCO[C@@H](c3ccccc3)c3ccc(F)c(F)c3)CC2)c1O. The number of benzene rings is 3. The van der Waals surface area contributed by atoms with E-state index in [4.69, 9.17) is 4.74 Å². The minimum Gasteiger partial charge on any atom is -0.504 e. The first-order valence-electron chi connectivity index (χ1n) is 11.1. The Balaban J connectivity index is 1.31. The van der Waals surface area contributed by atoms with Crippen LogP contribution in [0.5, 0.6) is 11.5 Å². The van der Waals surface area contributed by atoms with Crippen LogP contribution in [0.25, 0.3) is 0 Å². The molecular weight excluding hydrogens is 426 g/mol. The number of para-hydroxylation sites is 1. The topological polar surface area (TPSA) is 56.2 Å². The molecule has 1 heterocycles. The van der Waals surface area contributed by atoms with E-state index >= 15 is 0 Å². The lowest BCUT2D eigenvalue weighted by molar-refractivity contribution is 0.0439. The lowest BCUT2D eigenvalue weighted by atomic mass is 10.0. The molecular formula is C26H28F2N2O3. The van der Waals surface area contributed by atoms with Gasteiger partial charge in [-0.15, -0.1) is 0 Å². The van der Waals surface area contributed by atoms with E-state index in [1.54, 1.807) is 12.1 Å². The van der Waals surface area contributed by atoms with Crippen molar-refractivity contribution in [1.82, 2.24) is 9.80 Å². The highest BCUT2D eigenvalue weighted by Crippen LogP contribution is 2.30. The number of aromatic hydroxyl groups is 2. The maximum atomic E-state index is 13.8. The van der Waals surface area contributed by atoms with E-state index in [-0.39, 0.29) is 11.5 Å². The molecule has 0 spiro atoms. The predicted molar refractivity (Wildman–Crippen MR) is 122 cm³/mol. The van der Waals surface area contributed by atoms with Crippen LogP contribution in [0.2, 0.25) is 0 Å². The zero-order chi connectivity index (χ0) is 23.2. The van der Waals surface area contributed by atoms with Crippen molar-refractivity contribution in [3.05, 3.63) is 95.1 Å². The van der Waals surface area contributed by atoms with E-state index in [0.29, 0.717) is 24.3 Å². The van der Waals surface area contributed by atoms with Gasteiger partial charge in [-0.25, -0.2) is 8.78 Å². The van der Waals surface area contributed by atoms with Crippen molar-refractivity contribution >= 4 is 0 Å². The van der Waals surface area contributed by atoms with E-state index < -0.39 is 17.7 Å². The maximum absolute atomic E-state index is 13.8. The van der Waals surface area contributed by atoms with Crippen molar-refractivity contribution in [2.24, 2.45) is 0 Å². The highest BCUT2D eigenvalue weighted by molar-refractivity contribution is 5.44. The van der Waals surface area contributed by atoms with Crippen LogP contribution in [-0.4, -0.2) is 59.3 Å². The summed E-state index contributed by atoms with van der Waals surface area (Å²) in [7, 11) is 0. The Bertz CT molecular complexity index is 1060. The zero-order valence-electron chi connectivity index (χ0n) is 18.3. The molecule has 1 atom stereocenters. The van der Waals surface area contributed by atoms with Crippen LogP contribution in [-0.2, 0) is 11.3 Å². The lowest BCUT2D eigenvalue weighted by Gasteiger charge is -2.35. The number of phenolic OH excluding ortho intramolecular Hbond substituents is 2. The highest BCUT2D eigenvalue weighted by Gasteiger charge is 2.20. The summed E-state index contributed by atoms with van der Waals surface area (Å²) in [5.41, 5.74) is 2.18. The minimum atomic E-state index is -0.883. The lowest BCUT2D eigenvalue weighted by Crippen LogP contribution is -2.46. The van der Waals surface area contributed by atoms with Gasteiger partial charge >= 0.3 is 0 Å². The second-order valence-corrected chi connectivity index (χ2v) is 8.24. The number of nitrogens with zero attached hydrogens (tertiary/aromatic N) is 2. The van der Waals surface area contributed by atoms with Gasteiger partial charge in [0.25, 0.3) is 0 Å². The van der Waals surface area contributed by atoms with E-state index in [1.165, 1.54) is 12.1 Å². The molecule has 0 saturated carbocycles. The fraction of sp³-hybridized carbons (Fsp3) is 0.308. The molecule has 4 rings (SSSR count). The first kappa shape index (κ1) is 23.2. The molecule has 7 heteroatoms. The van der Waals surface area contributed by atoms with Crippen molar-refractivity contribution in [3.63, 3.8) is 0 Å². The molecule has 0 amide bonds. The molecule has 0 aromatic heterocycles. The maximum Gasteiger partial charge on any atom is 0.161 e. The third-order valence-corrected chi connectivity index (χ3v) is 6.00. The number of phenols is 2. The van der Waals surface area contributed by atoms with Gasteiger partial charge in [-0.2, -0.15) is 0 Å². The summed E-state index contributed by atoms with van der Waals surface area (Å²) in [6.07, 6.45) is -0.476. The van der Waals surface area contributed by atoms with Gasteiger partial charge in [0.1, 0.15) is 6.10 Å². The van der Waals surface area contributed by atoms with E-state index in [1.807, 2.05) is 36.4 Å². The first-order chi connectivity index (χ1) is 16.0. The highest BCUT2D eigenvalue weighted by atomic mass is 19.2. The fourth-order valence-corrected chi connectivity index (χ4v) is 4.11. The molecule has 1 fully saturated rings. The smallest absolute Gasteiger partial charge is 0.161 e. The number of halogens is 2. The van der Waals surface area contributed by atoms with Gasteiger partial charge in [0.2, 0.25) is 0 Å². The van der Waals surface area contributed by atoms with Crippen LogP contribution >= 0.6 is 0 Å². The molecule has 174 valence electrons. The molecule has 1 aliphatic heterocycles. The number of rotatable bonds is 8.